The highest BCUT2D eigenvalue weighted by Gasteiger charge is 2.30. The minimum Gasteiger partial charge on any atom is -0.489 e. The van der Waals surface area contributed by atoms with E-state index in [1.807, 2.05) is 36.6 Å². The number of carbonyl (C=O) groups excluding carboxylic acids is 2. The number of thiophene rings is 1. The molecule has 1 aliphatic rings. The summed E-state index contributed by atoms with van der Waals surface area (Å²) < 4.78 is 10.9. The summed E-state index contributed by atoms with van der Waals surface area (Å²) in [6, 6.07) is 7.40. The van der Waals surface area contributed by atoms with Gasteiger partial charge in [-0.1, -0.05) is 11.6 Å². The molecule has 28 heavy (non-hydrogen) atoms. The van der Waals surface area contributed by atoms with Crippen LogP contribution in [0.15, 0.2) is 29.6 Å². The number of hydrogen-bond donors (Lipinski definition) is 0. The zero-order chi connectivity index (χ0) is 20.1. The number of hydrogen-bond acceptors (Lipinski definition) is 5. The molecule has 7 heteroatoms. The molecular weight excluding hydrogens is 398 g/mol. The van der Waals surface area contributed by atoms with Gasteiger partial charge in [-0.05, 0) is 61.9 Å². The van der Waals surface area contributed by atoms with Crippen LogP contribution in [0.4, 0.5) is 0 Å². The third kappa shape index (κ3) is 5.06. The summed E-state index contributed by atoms with van der Waals surface area (Å²) in [5, 5.41) is 2.64. The second-order valence-electron chi connectivity index (χ2n) is 6.86. The zero-order valence-corrected chi connectivity index (χ0v) is 17.6. The van der Waals surface area contributed by atoms with Gasteiger partial charge in [0.05, 0.1) is 17.4 Å². The van der Waals surface area contributed by atoms with Gasteiger partial charge in [0.2, 0.25) is 0 Å². The molecule has 0 radical (unpaired) electrons. The molecule has 1 aromatic heterocycles. The number of ether oxygens (including phenoxy) is 2. The molecule has 1 amide bonds. The van der Waals surface area contributed by atoms with Crippen molar-refractivity contribution in [2.24, 2.45) is 5.92 Å². The minimum absolute atomic E-state index is 0.0346. The van der Waals surface area contributed by atoms with E-state index in [1.165, 1.54) is 11.3 Å². The molecule has 2 heterocycles. The number of rotatable bonds is 6. The van der Waals surface area contributed by atoms with Crippen molar-refractivity contribution in [2.75, 3.05) is 19.7 Å². The number of benzene rings is 1. The van der Waals surface area contributed by atoms with Crippen LogP contribution in [0.5, 0.6) is 5.75 Å². The maximum atomic E-state index is 12.8. The van der Waals surface area contributed by atoms with Crippen LogP contribution in [0, 0.1) is 12.8 Å². The van der Waals surface area contributed by atoms with Crippen LogP contribution in [0.3, 0.4) is 0 Å². The summed E-state index contributed by atoms with van der Waals surface area (Å²) in [6.45, 7) is 5.57. The quantitative estimate of drug-likeness (QED) is 0.634. The predicted molar refractivity (Wildman–Crippen MR) is 110 cm³/mol. The van der Waals surface area contributed by atoms with Gasteiger partial charge in [-0.2, -0.15) is 0 Å². The van der Waals surface area contributed by atoms with Gasteiger partial charge >= 0.3 is 5.97 Å². The van der Waals surface area contributed by atoms with Crippen LogP contribution in [0.1, 0.15) is 40.6 Å². The molecule has 0 N–H and O–H groups in total. The van der Waals surface area contributed by atoms with Crippen molar-refractivity contribution in [1.29, 1.82) is 0 Å². The molecular formula is C21H24ClNO4S. The summed E-state index contributed by atoms with van der Waals surface area (Å²) >= 11 is 7.44. The molecule has 0 aliphatic carbocycles. The topological polar surface area (TPSA) is 55.8 Å². The number of aryl methyl sites for hydroxylation is 1. The molecule has 1 atom stereocenters. The van der Waals surface area contributed by atoms with Gasteiger partial charge in [0.1, 0.15) is 12.4 Å². The summed E-state index contributed by atoms with van der Waals surface area (Å²) in [5.74, 6) is 0.272. The molecule has 1 saturated heterocycles. The van der Waals surface area contributed by atoms with E-state index in [1.54, 1.807) is 11.8 Å². The van der Waals surface area contributed by atoms with Crippen molar-refractivity contribution < 1.29 is 19.1 Å². The number of likely N-dealkylation sites (tertiary alicyclic amines) is 1. The summed E-state index contributed by atoms with van der Waals surface area (Å²) in [6.07, 6.45) is 1.58. The van der Waals surface area contributed by atoms with Crippen LogP contribution >= 0.6 is 22.9 Å². The fraction of sp³-hybridized carbons (Fsp3) is 0.429. The standard InChI is InChI=1S/C21H24ClNO4S/c1-3-26-21(25)16-5-4-8-23(11-16)20(24)19-10-15(13-28-19)12-27-17-6-7-18(22)14(2)9-17/h6-7,9-10,13,16H,3-5,8,11-12H2,1-2H3. The molecule has 2 aromatic rings. The van der Waals surface area contributed by atoms with E-state index in [9.17, 15) is 9.59 Å². The van der Waals surface area contributed by atoms with Gasteiger partial charge in [0.15, 0.2) is 0 Å². The minimum atomic E-state index is -0.228. The fourth-order valence-electron chi connectivity index (χ4n) is 3.21. The first-order valence-electron chi connectivity index (χ1n) is 9.40. The molecule has 1 aromatic carbocycles. The second-order valence-corrected chi connectivity index (χ2v) is 8.18. The molecule has 1 fully saturated rings. The van der Waals surface area contributed by atoms with E-state index in [4.69, 9.17) is 21.1 Å². The van der Waals surface area contributed by atoms with E-state index in [-0.39, 0.29) is 17.8 Å². The first-order chi connectivity index (χ1) is 13.5. The highest BCUT2D eigenvalue weighted by Crippen LogP contribution is 2.25. The number of amides is 1. The van der Waals surface area contributed by atoms with Crippen LogP contribution in [-0.4, -0.2) is 36.5 Å². The van der Waals surface area contributed by atoms with Gasteiger partial charge in [0, 0.05) is 23.7 Å². The van der Waals surface area contributed by atoms with Gasteiger partial charge in [0.25, 0.3) is 5.91 Å². The third-order valence-corrected chi connectivity index (χ3v) is 6.12. The van der Waals surface area contributed by atoms with E-state index in [0.29, 0.717) is 36.2 Å². The van der Waals surface area contributed by atoms with Crippen molar-refractivity contribution in [3.05, 3.63) is 50.7 Å². The average molecular weight is 422 g/mol. The van der Waals surface area contributed by atoms with Crippen LogP contribution < -0.4 is 4.74 Å². The van der Waals surface area contributed by atoms with Crippen LogP contribution in [-0.2, 0) is 16.1 Å². The lowest BCUT2D eigenvalue weighted by Gasteiger charge is -2.31. The smallest absolute Gasteiger partial charge is 0.310 e. The van der Waals surface area contributed by atoms with Crippen molar-refractivity contribution in [1.82, 2.24) is 4.90 Å². The van der Waals surface area contributed by atoms with Crippen LogP contribution in [0.2, 0.25) is 5.02 Å². The Balaban J connectivity index is 1.58. The first kappa shape index (κ1) is 20.7. The molecule has 150 valence electrons. The molecule has 0 spiro atoms. The molecule has 5 nitrogen and oxygen atoms in total. The van der Waals surface area contributed by atoms with E-state index >= 15 is 0 Å². The van der Waals surface area contributed by atoms with E-state index in [0.717, 1.165) is 29.7 Å². The normalized spacial score (nSPS) is 16.7. The van der Waals surface area contributed by atoms with Gasteiger partial charge in [-0.3, -0.25) is 9.59 Å². The number of esters is 1. The lowest BCUT2D eigenvalue weighted by molar-refractivity contribution is -0.149. The molecule has 0 bridgehead atoms. The van der Waals surface area contributed by atoms with Gasteiger partial charge < -0.3 is 14.4 Å². The summed E-state index contributed by atoms with van der Waals surface area (Å²) in [7, 11) is 0. The number of carbonyl (C=O) groups is 2. The highest BCUT2D eigenvalue weighted by atomic mass is 35.5. The lowest BCUT2D eigenvalue weighted by atomic mass is 9.98. The summed E-state index contributed by atoms with van der Waals surface area (Å²) in [4.78, 5) is 27.2. The summed E-state index contributed by atoms with van der Waals surface area (Å²) in [5.41, 5.74) is 1.90. The number of halogens is 1. The predicted octanol–water partition coefficient (Wildman–Crippen LogP) is 4.70. The average Bonchev–Trinajstić information content (AvgIpc) is 3.17. The molecule has 1 aliphatic heterocycles. The number of nitrogens with zero attached hydrogens (tertiary/aromatic N) is 1. The Hall–Kier alpha value is -2.05. The van der Waals surface area contributed by atoms with E-state index < -0.39 is 0 Å². The van der Waals surface area contributed by atoms with Crippen molar-refractivity contribution >= 4 is 34.8 Å². The Labute approximate surface area is 174 Å². The largest absolute Gasteiger partial charge is 0.489 e. The number of piperidine rings is 1. The maximum absolute atomic E-state index is 12.8. The Kier molecular flexibility index (Phi) is 6.97. The Bertz CT molecular complexity index is 851. The Morgan fingerprint density at radius 2 is 2.14 bits per heavy atom. The SMILES string of the molecule is CCOC(=O)C1CCCN(C(=O)c2cc(COc3ccc(Cl)c(C)c3)cs2)C1. The highest BCUT2D eigenvalue weighted by molar-refractivity contribution is 7.12. The zero-order valence-electron chi connectivity index (χ0n) is 16.1. The lowest BCUT2D eigenvalue weighted by Crippen LogP contribution is -2.42. The van der Waals surface area contributed by atoms with Crippen molar-refractivity contribution in [3.8, 4) is 5.75 Å². The molecule has 3 rings (SSSR count). The second kappa shape index (κ2) is 9.43. The van der Waals surface area contributed by atoms with E-state index in [2.05, 4.69) is 0 Å². The van der Waals surface area contributed by atoms with Gasteiger partial charge in [-0.15, -0.1) is 11.3 Å². The molecule has 0 saturated carbocycles. The van der Waals surface area contributed by atoms with Gasteiger partial charge in [-0.25, -0.2) is 0 Å². The van der Waals surface area contributed by atoms with Crippen LogP contribution in [0.25, 0.3) is 0 Å². The first-order valence-corrected chi connectivity index (χ1v) is 10.7. The fourth-order valence-corrected chi connectivity index (χ4v) is 4.19. The monoisotopic (exact) mass is 421 g/mol. The Morgan fingerprint density at radius 3 is 2.89 bits per heavy atom. The maximum Gasteiger partial charge on any atom is 0.310 e. The molecule has 1 unspecified atom stereocenters. The Morgan fingerprint density at radius 1 is 1.32 bits per heavy atom. The van der Waals surface area contributed by atoms with Crippen molar-refractivity contribution in [3.63, 3.8) is 0 Å². The third-order valence-electron chi connectivity index (χ3n) is 4.73. The van der Waals surface area contributed by atoms with Crippen molar-refractivity contribution in [2.45, 2.75) is 33.3 Å².